The highest BCUT2D eigenvalue weighted by atomic mass is 79.9. The second kappa shape index (κ2) is 8.51. The molecule has 1 saturated carbocycles. The summed E-state index contributed by atoms with van der Waals surface area (Å²) in [6.45, 7) is 1.01. The molecule has 0 spiro atoms. The van der Waals surface area contributed by atoms with Gasteiger partial charge >= 0.3 is 0 Å². The van der Waals surface area contributed by atoms with E-state index in [1.54, 1.807) is 0 Å². The fourth-order valence-corrected chi connectivity index (χ4v) is 3.32. The van der Waals surface area contributed by atoms with E-state index in [9.17, 15) is 9.90 Å². The third-order valence-electron chi connectivity index (χ3n) is 3.93. The number of aliphatic hydroxyl groups is 1. The smallest absolute Gasteiger partial charge is 0.238 e. The van der Waals surface area contributed by atoms with Gasteiger partial charge in [-0.05, 0) is 31.0 Å². The van der Waals surface area contributed by atoms with E-state index < -0.39 is 0 Å². The zero-order valence-corrected chi connectivity index (χ0v) is 13.8. The average Bonchev–Trinajstić information content (AvgIpc) is 2.47. The molecule has 0 atom stereocenters. The molecule has 1 fully saturated rings. The molecule has 1 aliphatic carbocycles. The molecule has 2 N–H and O–H groups in total. The molecule has 1 aromatic carbocycles. The summed E-state index contributed by atoms with van der Waals surface area (Å²) in [5, 5.41) is 12.1. The van der Waals surface area contributed by atoms with Gasteiger partial charge in [-0.25, -0.2) is 0 Å². The van der Waals surface area contributed by atoms with Gasteiger partial charge in [-0.15, -0.1) is 0 Å². The molecule has 21 heavy (non-hydrogen) atoms. The Morgan fingerprint density at radius 2 is 2.10 bits per heavy atom. The van der Waals surface area contributed by atoms with Gasteiger partial charge in [0.15, 0.2) is 0 Å². The number of halogens is 1. The predicted octanol–water partition coefficient (Wildman–Crippen LogP) is 3.01. The van der Waals surface area contributed by atoms with E-state index >= 15 is 0 Å². The molecule has 1 aromatic rings. The molecule has 0 aliphatic heterocycles. The zero-order chi connectivity index (χ0) is 15.1. The van der Waals surface area contributed by atoms with Gasteiger partial charge in [0.2, 0.25) is 5.91 Å². The minimum absolute atomic E-state index is 0.0212. The van der Waals surface area contributed by atoms with Crippen molar-refractivity contribution in [2.45, 2.75) is 38.1 Å². The van der Waals surface area contributed by atoms with Crippen molar-refractivity contribution in [2.24, 2.45) is 0 Å². The molecule has 5 heteroatoms. The molecular weight excluding hydrogens is 332 g/mol. The first-order valence-corrected chi connectivity index (χ1v) is 8.38. The number of anilines is 1. The number of nitrogens with zero attached hydrogens (tertiary/aromatic N) is 1. The van der Waals surface area contributed by atoms with Crippen molar-refractivity contribution in [3.05, 3.63) is 28.7 Å². The fraction of sp³-hybridized carbons (Fsp3) is 0.562. The Morgan fingerprint density at radius 1 is 1.33 bits per heavy atom. The van der Waals surface area contributed by atoms with Gasteiger partial charge in [0.1, 0.15) is 0 Å². The van der Waals surface area contributed by atoms with Gasteiger partial charge in [0, 0.05) is 22.7 Å². The maximum Gasteiger partial charge on any atom is 0.238 e. The van der Waals surface area contributed by atoms with Gasteiger partial charge in [-0.1, -0.05) is 41.3 Å². The number of carbonyl (C=O) groups excluding carboxylic acids is 1. The highest BCUT2D eigenvalue weighted by Gasteiger charge is 2.22. The van der Waals surface area contributed by atoms with Crippen molar-refractivity contribution in [3.8, 4) is 0 Å². The van der Waals surface area contributed by atoms with Gasteiger partial charge in [-0.2, -0.15) is 0 Å². The Hall–Kier alpha value is -0.910. The van der Waals surface area contributed by atoms with Gasteiger partial charge in [0.05, 0.1) is 13.2 Å². The van der Waals surface area contributed by atoms with Gasteiger partial charge in [-0.3, -0.25) is 9.69 Å². The Bertz CT molecular complexity index is 461. The number of amides is 1. The summed E-state index contributed by atoms with van der Waals surface area (Å²) < 4.78 is 0.944. The molecular formula is C16H23BrN2O2. The van der Waals surface area contributed by atoms with Crippen LogP contribution in [0.15, 0.2) is 28.7 Å². The average molecular weight is 355 g/mol. The van der Waals surface area contributed by atoms with Crippen LogP contribution in [0, 0.1) is 0 Å². The number of nitrogens with one attached hydrogen (secondary N) is 1. The van der Waals surface area contributed by atoms with Gasteiger partial charge in [0.25, 0.3) is 0 Å². The minimum Gasteiger partial charge on any atom is -0.395 e. The second-order valence-corrected chi connectivity index (χ2v) is 6.46. The second-order valence-electron chi connectivity index (χ2n) is 5.54. The van der Waals surface area contributed by atoms with Crippen LogP contribution >= 0.6 is 15.9 Å². The monoisotopic (exact) mass is 354 g/mol. The lowest BCUT2D eigenvalue weighted by Gasteiger charge is -2.33. The molecule has 4 nitrogen and oxygen atoms in total. The maximum atomic E-state index is 12.2. The van der Waals surface area contributed by atoms with Crippen LogP contribution in [-0.2, 0) is 4.79 Å². The summed E-state index contributed by atoms with van der Waals surface area (Å²) in [7, 11) is 0. The first-order chi connectivity index (χ1) is 10.2. The van der Waals surface area contributed by atoms with Crippen LogP contribution < -0.4 is 5.32 Å². The number of carbonyl (C=O) groups is 1. The zero-order valence-electron chi connectivity index (χ0n) is 12.2. The van der Waals surface area contributed by atoms with Crippen molar-refractivity contribution in [1.82, 2.24) is 4.90 Å². The van der Waals surface area contributed by atoms with Crippen molar-refractivity contribution >= 4 is 27.5 Å². The van der Waals surface area contributed by atoms with Crippen molar-refractivity contribution in [2.75, 3.05) is 25.0 Å². The third-order valence-corrected chi connectivity index (χ3v) is 4.43. The Balaban J connectivity index is 1.91. The van der Waals surface area contributed by atoms with Crippen molar-refractivity contribution in [1.29, 1.82) is 0 Å². The van der Waals surface area contributed by atoms with Crippen LogP contribution in [0.5, 0.6) is 0 Å². The molecule has 0 saturated heterocycles. The summed E-state index contributed by atoms with van der Waals surface area (Å²) in [5.74, 6) is -0.0212. The Kier molecular flexibility index (Phi) is 6.67. The molecule has 1 aliphatic rings. The molecule has 0 radical (unpaired) electrons. The summed E-state index contributed by atoms with van der Waals surface area (Å²) in [5.41, 5.74) is 0.793. The minimum atomic E-state index is -0.0212. The van der Waals surface area contributed by atoms with Crippen LogP contribution in [0.1, 0.15) is 32.1 Å². The molecule has 0 aromatic heterocycles. The molecule has 0 bridgehead atoms. The van der Waals surface area contributed by atoms with E-state index in [4.69, 9.17) is 0 Å². The summed E-state index contributed by atoms with van der Waals surface area (Å²) >= 11 is 3.40. The van der Waals surface area contributed by atoms with Crippen LogP contribution in [0.25, 0.3) is 0 Å². The van der Waals surface area contributed by atoms with Crippen LogP contribution in [0.2, 0.25) is 0 Å². The lowest BCUT2D eigenvalue weighted by atomic mass is 9.94. The van der Waals surface area contributed by atoms with E-state index in [1.807, 2.05) is 24.3 Å². The highest BCUT2D eigenvalue weighted by molar-refractivity contribution is 9.10. The van der Waals surface area contributed by atoms with E-state index in [0.29, 0.717) is 19.1 Å². The summed E-state index contributed by atoms with van der Waals surface area (Å²) in [4.78, 5) is 14.3. The number of hydrogen-bond acceptors (Lipinski definition) is 3. The largest absolute Gasteiger partial charge is 0.395 e. The van der Waals surface area contributed by atoms with E-state index in [-0.39, 0.29) is 12.5 Å². The SMILES string of the molecule is O=C(CN(CCO)C1CCCCC1)Nc1cccc(Br)c1. The van der Waals surface area contributed by atoms with E-state index in [1.165, 1.54) is 19.3 Å². The number of benzene rings is 1. The van der Waals surface area contributed by atoms with Crippen LogP contribution in [-0.4, -0.2) is 41.7 Å². The van der Waals surface area contributed by atoms with E-state index in [0.717, 1.165) is 23.0 Å². The fourth-order valence-electron chi connectivity index (χ4n) is 2.92. The number of hydrogen-bond donors (Lipinski definition) is 2. The van der Waals surface area contributed by atoms with Crippen LogP contribution in [0.3, 0.4) is 0 Å². The predicted molar refractivity (Wildman–Crippen MR) is 88.3 cm³/mol. The molecule has 1 amide bonds. The summed E-state index contributed by atoms with van der Waals surface area (Å²) in [6.07, 6.45) is 5.99. The quantitative estimate of drug-likeness (QED) is 0.825. The standard InChI is InChI=1S/C16H23BrN2O2/c17-13-5-4-6-14(11-13)18-16(21)12-19(9-10-20)15-7-2-1-3-8-15/h4-6,11,15,20H,1-3,7-10,12H2,(H,18,21). The van der Waals surface area contributed by atoms with E-state index in [2.05, 4.69) is 26.1 Å². The van der Waals surface area contributed by atoms with Crippen molar-refractivity contribution in [3.63, 3.8) is 0 Å². The highest BCUT2D eigenvalue weighted by Crippen LogP contribution is 2.22. The lowest BCUT2D eigenvalue weighted by molar-refractivity contribution is -0.118. The summed E-state index contributed by atoms with van der Waals surface area (Å²) in [6, 6.07) is 8.01. The first kappa shape index (κ1) is 16.5. The normalized spacial score (nSPS) is 16.1. The number of aliphatic hydroxyl groups excluding tert-OH is 1. The molecule has 0 heterocycles. The molecule has 0 unspecified atom stereocenters. The lowest BCUT2D eigenvalue weighted by Crippen LogP contribution is -2.43. The Labute approximate surface area is 134 Å². The Morgan fingerprint density at radius 3 is 2.76 bits per heavy atom. The molecule has 2 rings (SSSR count). The third kappa shape index (κ3) is 5.41. The van der Waals surface area contributed by atoms with Gasteiger partial charge < -0.3 is 10.4 Å². The first-order valence-electron chi connectivity index (χ1n) is 7.59. The van der Waals surface area contributed by atoms with Crippen LogP contribution in [0.4, 0.5) is 5.69 Å². The number of rotatable bonds is 6. The molecule has 116 valence electrons. The van der Waals surface area contributed by atoms with Crippen molar-refractivity contribution < 1.29 is 9.90 Å². The topological polar surface area (TPSA) is 52.6 Å². The maximum absolute atomic E-state index is 12.2.